The topological polar surface area (TPSA) is 42.0 Å². The standard InChI is InChI=1S/C18H16N2OS/c1-12-9-13(2)11-14(10-12)20-18(21)15-5-3-7-19-17(15)16-6-4-8-22-16/h3-11H,1-2H3,(H,20,21). The Morgan fingerprint density at radius 1 is 1.09 bits per heavy atom. The molecule has 1 aromatic carbocycles. The summed E-state index contributed by atoms with van der Waals surface area (Å²) in [6, 6.07) is 13.5. The molecule has 4 heteroatoms. The quantitative estimate of drug-likeness (QED) is 0.763. The smallest absolute Gasteiger partial charge is 0.257 e. The van der Waals surface area contributed by atoms with Crippen molar-refractivity contribution in [3.8, 4) is 10.6 Å². The van der Waals surface area contributed by atoms with Gasteiger partial charge in [0.2, 0.25) is 0 Å². The fourth-order valence-corrected chi connectivity index (χ4v) is 3.18. The van der Waals surface area contributed by atoms with Crippen molar-refractivity contribution in [2.24, 2.45) is 0 Å². The Morgan fingerprint density at radius 2 is 1.86 bits per heavy atom. The molecule has 3 rings (SSSR count). The zero-order valence-electron chi connectivity index (χ0n) is 12.5. The lowest BCUT2D eigenvalue weighted by Crippen LogP contribution is -2.13. The van der Waals surface area contributed by atoms with Crippen molar-refractivity contribution in [1.82, 2.24) is 4.98 Å². The third kappa shape index (κ3) is 3.07. The number of hydrogen-bond acceptors (Lipinski definition) is 3. The largest absolute Gasteiger partial charge is 0.322 e. The average Bonchev–Trinajstić information content (AvgIpc) is 3.00. The summed E-state index contributed by atoms with van der Waals surface area (Å²) in [5.74, 6) is -0.137. The zero-order chi connectivity index (χ0) is 15.5. The van der Waals surface area contributed by atoms with Gasteiger partial charge < -0.3 is 5.32 Å². The molecule has 2 aromatic heterocycles. The van der Waals surface area contributed by atoms with Gasteiger partial charge in [0.1, 0.15) is 0 Å². The fourth-order valence-electron chi connectivity index (χ4n) is 2.44. The third-order valence-corrected chi connectivity index (χ3v) is 4.16. The van der Waals surface area contributed by atoms with Gasteiger partial charge in [0.15, 0.2) is 0 Å². The van der Waals surface area contributed by atoms with E-state index >= 15 is 0 Å². The molecule has 0 unspecified atom stereocenters. The Labute approximate surface area is 133 Å². The molecule has 0 atom stereocenters. The maximum Gasteiger partial charge on any atom is 0.257 e. The first kappa shape index (κ1) is 14.5. The predicted molar refractivity (Wildman–Crippen MR) is 91.4 cm³/mol. The van der Waals surface area contributed by atoms with E-state index in [9.17, 15) is 4.79 Å². The minimum atomic E-state index is -0.137. The molecule has 0 spiro atoms. The number of thiophene rings is 1. The number of rotatable bonds is 3. The van der Waals surface area contributed by atoms with E-state index in [0.29, 0.717) is 5.56 Å². The number of carbonyl (C=O) groups is 1. The molecule has 22 heavy (non-hydrogen) atoms. The van der Waals surface area contributed by atoms with E-state index < -0.39 is 0 Å². The first-order valence-electron chi connectivity index (χ1n) is 7.02. The monoisotopic (exact) mass is 308 g/mol. The summed E-state index contributed by atoms with van der Waals surface area (Å²) in [7, 11) is 0. The Morgan fingerprint density at radius 3 is 2.55 bits per heavy atom. The first-order valence-corrected chi connectivity index (χ1v) is 7.90. The number of benzene rings is 1. The maximum absolute atomic E-state index is 12.6. The highest BCUT2D eigenvalue weighted by molar-refractivity contribution is 7.13. The number of aryl methyl sites for hydroxylation is 2. The van der Waals surface area contributed by atoms with Gasteiger partial charge >= 0.3 is 0 Å². The molecular formula is C18H16N2OS. The van der Waals surface area contributed by atoms with Crippen LogP contribution in [0.25, 0.3) is 10.6 Å². The summed E-state index contributed by atoms with van der Waals surface area (Å²) in [4.78, 5) is 18.0. The Hall–Kier alpha value is -2.46. The Bertz CT molecular complexity index is 789. The summed E-state index contributed by atoms with van der Waals surface area (Å²) in [5, 5.41) is 4.95. The summed E-state index contributed by atoms with van der Waals surface area (Å²) < 4.78 is 0. The minimum Gasteiger partial charge on any atom is -0.322 e. The van der Waals surface area contributed by atoms with Crippen molar-refractivity contribution < 1.29 is 4.79 Å². The second-order valence-electron chi connectivity index (χ2n) is 5.21. The van der Waals surface area contributed by atoms with Gasteiger partial charge in [-0.2, -0.15) is 0 Å². The van der Waals surface area contributed by atoms with Crippen LogP contribution in [0.4, 0.5) is 5.69 Å². The van der Waals surface area contributed by atoms with Gasteiger partial charge in [-0.3, -0.25) is 9.78 Å². The van der Waals surface area contributed by atoms with E-state index in [4.69, 9.17) is 0 Å². The van der Waals surface area contributed by atoms with Crippen LogP contribution in [-0.4, -0.2) is 10.9 Å². The van der Waals surface area contributed by atoms with Crippen LogP contribution in [0.3, 0.4) is 0 Å². The van der Waals surface area contributed by atoms with Crippen LogP contribution in [0.5, 0.6) is 0 Å². The molecule has 2 heterocycles. The van der Waals surface area contributed by atoms with E-state index in [2.05, 4.69) is 16.4 Å². The number of nitrogens with one attached hydrogen (secondary N) is 1. The molecule has 110 valence electrons. The van der Waals surface area contributed by atoms with Crippen molar-refractivity contribution in [2.45, 2.75) is 13.8 Å². The summed E-state index contributed by atoms with van der Waals surface area (Å²) in [6.45, 7) is 4.04. The van der Waals surface area contributed by atoms with Crippen LogP contribution in [0.2, 0.25) is 0 Å². The lowest BCUT2D eigenvalue weighted by molar-refractivity contribution is 0.102. The molecule has 0 aliphatic carbocycles. The molecule has 0 saturated carbocycles. The van der Waals surface area contributed by atoms with Crippen molar-refractivity contribution in [3.63, 3.8) is 0 Å². The van der Waals surface area contributed by atoms with Crippen molar-refractivity contribution in [1.29, 1.82) is 0 Å². The molecule has 1 amide bonds. The predicted octanol–water partition coefficient (Wildman–Crippen LogP) is 4.68. The minimum absolute atomic E-state index is 0.137. The van der Waals surface area contributed by atoms with E-state index in [0.717, 1.165) is 27.4 Å². The van der Waals surface area contributed by atoms with E-state index in [1.807, 2.05) is 43.5 Å². The normalized spacial score (nSPS) is 10.5. The lowest BCUT2D eigenvalue weighted by Gasteiger charge is -2.10. The van der Waals surface area contributed by atoms with Crippen LogP contribution in [0, 0.1) is 13.8 Å². The second-order valence-corrected chi connectivity index (χ2v) is 6.16. The number of hydrogen-bond donors (Lipinski definition) is 1. The molecule has 0 aliphatic rings. The first-order chi connectivity index (χ1) is 10.6. The van der Waals surface area contributed by atoms with Gasteiger partial charge in [-0.15, -0.1) is 11.3 Å². The van der Waals surface area contributed by atoms with Gasteiger partial charge in [0, 0.05) is 11.9 Å². The summed E-state index contributed by atoms with van der Waals surface area (Å²) in [6.07, 6.45) is 1.71. The molecule has 3 nitrogen and oxygen atoms in total. The van der Waals surface area contributed by atoms with Crippen LogP contribution < -0.4 is 5.32 Å². The van der Waals surface area contributed by atoms with Gasteiger partial charge in [0.25, 0.3) is 5.91 Å². The van der Waals surface area contributed by atoms with Crippen molar-refractivity contribution >= 4 is 22.9 Å². The highest BCUT2D eigenvalue weighted by Crippen LogP contribution is 2.26. The SMILES string of the molecule is Cc1cc(C)cc(NC(=O)c2cccnc2-c2cccs2)c1. The number of pyridine rings is 1. The zero-order valence-corrected chi connectivity index (χ0v) is 13.3. The fraction of sp³-hybridized carbons (Fsp3) is 0.111. The number of nitrogens with zero attached hydrogens (tertiary/aromatic N) is 1. The molecule has 0 bridgehead atoms. The Kier molecular flexibility index (Phi) is 4.02. The molecule has 0 radical (unpaired) electrons. The Balaban J connectivity index is 1.93. The van der Waals surface area contributed by atoms with Crippen molar-refractivity contribution in [2.75, 3.05) is 5.32 Å². The van der Waals surface area contributed by atoms with Gasteiger partial charge in [-0.25, -0.2) is 0 Å². The molecule has 0 aliphatic heterocycles. The van der Waals surface area contributed by atoms with Crippen LogP contribution in [0.15, 0.2) is 54.0 Å². The highest BCUT2D eigenvalue weighted by atomic mass is 32.1. The third-order valence-electron chi connectivity index (χ3n) is 3.29. The number of carbonyl (C=O) groups excluding carboxylic acids is 1. The molecule has 1 N–H and O–H groups in total. The number of aromatic nitrogens is 1. The van der Waals surface area contributed by atoms with Crippen molar-refractivity contribution in [3.05, 3.63) is 70.7 Å². The molecule has 0 saturated heterocycles. The van der Waals surface area contributed by atoms with E-state index in [1.165, 1.54) is 0 Å². The molecule has 3 aromatic rings. The number of anilines is 1. The van der Waals surface area contributed by atoms with Crippen LogP contribution in [0.1, 0.15) is 21.5 Å². The van der Waals surface area contributed by atoms with Gasteiger partial charge in [-0.1, -0.05) is 12.1 Å². The average molecular weight is 308 g/mol. The van der Waals surface area contributed by atoms with Crippen LogP contribution >= 0.6 is 11.3 Å². The molecule has 0 fully saturated rings. The maximum atomic E-state index is 12.6. The number of amides is 1. The summed E-state index contributed by atoms with van der Waals surface area (Å²) in [5.41, 5.74) is 4.37. The highest BCUT2D eigenvalue weighted by Gasteiger charge is 2.14. The van der Waals surface area contributed by atoms with Gasteiger partial charge in [0.05, 0.1) is 16.1 Å². The van der Waals surface area contributed by atoms with Gasteiger partial charge in [-0.05, 0) is 60.7 Å². The summed E-state index contributed by atoms with van der Waals surface area (Å²) >= 11 is 1.58. The molecular weight excluding hydrogens is 292 g/mol. The second kappa shape index (κ2) is 6.12. The van der Waals surface area contributed by atoms with E-state index in [1.54, 1.807) is 29.7 Å². The van der Waals surface area contributed by atoms with E-state index in [-0.39, 0.29) is 5.91 Å². The van der Waals surface area contributed by atoms with Crippen LogP contribution in [-0.2, 0) is 0 Å². The lowest BCUT2D eigenvalue weighted by atomic mass is 10.1.